The first-order valence-electron chi connectivity index (χ1n) is 9.37. The van der Waals surface area contributed by atoms with Crippen molar-refractivity contribution >= 4 is 11.8 Å². The van der Waals surface area contributed by atoms with E-state index in [0.29, 0.717) is 17.7 Å². The van der Waals surface area contributed by atoms with E-state index in [9.17, 15) is 9.59 Å². The Kier molecular flexibility index (Phi) is 6.05. The van der Waals surface area contributed by atoms with Gasteiger partial charge in [0.05, 0.1) is 0 Å². The van der Waals surface area contributed by atoms with E-state index in [1.54, 1.807) is 24.3 Å². The number of likely N-dealkylation sites (tertiary alicyclic amines) is 1. The fourth-order valence-corrected chi connectivity index (χ4v) is 3.31. The molecule has 1 heterocycles. The summed E-state index contributed by atoms with van der Waals surface area (Å²) in [7, 11) is 0. The summed E-state index contributed by atoms with van der Waals surface area (Å²) in [6.45, 7) is 4.19. The van der Waals surface area contributed by atoms with Crippen LogP contribution in [0.5, 0.6) is 0 Å². The number of nitrogens with one attached hydrogen (secondary N) is 1. The lowest BCUT2D eigenvalue weighted by Gasteiger charge is -2.20. The van der Waals surface area contributed by atoms with Gasteiger partial charge in [0, 0.05) is 30.8 Å². The van der Waals surface area contributed by atoms with Crippen LogP contribution in [-0.4, -0.2) is 29.8 Å². The molecule has 1 aliphatic heterocycles. The molecular weight excluding hydrogens is 324 g/mol. The van der Waals surface area contributed by atoms with Crippen molar-refractivity contribution in [2.24, 2.45) is 0 Å². The van der Waals surface area contributed by atoms with Crippen LogP contribution in [0.25, 0.3) is 0 Å². The van der Waals surface area contributed by atoms with E-state index in [1.165, 1.54) is 12.8 Å². The molecule has 0 atom stereocenters. The molecule has 4 nitrogen and oxygen atoms in total. The van der Waals surface area contributed by atoms with Crippen molar-refractivity contribution in [1.29, 1.82) is 0 Å². The highest BCUT2D eigenvalue weighted by Gasteiger charge is 2.17. The van der Waals surface area contributed by atoms with Crippen LogP contribution in [0.3, 0.4) is 0 Å². The summed E-state index contributed by atoms with van der Waals surface area (Å²) in [5, 5.41) is 2.94. The highest BCUT2D eigenvalue weighted by Crippen LogP contribution is 2.14. The van der Waals surface area contributed by atoms with Crippen LogP contribution >= 0.6 is 0 Å². The van der Waals surface area contributed by atoms with E-state index in [-0.39, 0.29) is 11.8 Å². The number of rotatable bonds is 4. The molecule has 2 aromatic rings. The SMILES string of the molecule is Cc1ccccc1CNC(=O)c1ccc(C(=O)N2CCCCCC2)cc1. The maximum absolute atomic E-state index is 12.6. The lowest BCUT2D eigenvalue weighted by molar-refractivity contribution is 0.0761. The molecule has 4 heteroatoms. The van der Waals surface area contributed by atoms with Crippen molar-refractivity contribution in [3.63, 3.8) is 0 Å². The quantitative estimate of drug-likeness (QED) is 0.908. The topological polar surface area (TPSA) is 49.4 Å². The molecule has 1 saturated heterocycles. The lowest BCUT2D eigenvalue weighted by atomic mass is 10.1. The smallest absolute Gasteiger partial charge is 0.253 e. The summed E-state index contributed by atoms with van der Waals surface area (Å²) >= 11 is 0. The predicted octanol–water partition coefficient (Wildman–Crippen LogP) is 3.94. The van der Waals surface area contributed by atoms with Crippen molar-refractivity contribution in [2.45, 2.75) is 39.2 Å². The Morgan fingerprint density at radius 1 is 0.885 bits per heavy atom. The minimum atomic E-state index is -0.123. The second kappa shape index (κ2) is 8.65. The van der Waals surface area contributed by atoms with E-state index in [4.69, 9.17) is 0 Å². The Morgan fingerprint density at radius 3 is 2.15 bits per heavy atom. The summed E-state index contributed by atoms with van der Waals surface area (Å²) in [6, 6.07) is 15.0. The molecule has 2 aromatic carbocycles. The van der Waals surface area contributed by atoms with Crippen LogP contribution in [0, 0.1) is 6.92 Å². The summed E-state index contributed by atoms with van der Waals surface area (Å²) in [4.78, 5) is 26.9. The first-order chi connectivity index (χ1) is 12.6. The normalized spacial score (nSPS) is 14.6. The van der Waals surface area contributed by atoms with Crippen molar-refractivity contribution in [1.82, 2.24) is 10.2 Å². The van der Waals surface area contributed by atoms with E-state index < -0.39 is 0 Å². The van der Waals surface area contributed by atoms with Gasteiger partial charge in [0.25, 0.3) is 11.8 Å². The van der Waals surface area contributed by atoms with Crippen LogP contribution in [0.4, 0.5) is 0 Å². The first-order valence-corrected chi connectivity index (χ1v) is 9.37. The van der Waals surface area contributed by atoms with Gasteiger partial charge in [-0.05, 0) is 55.2 Å². The molecule has 0 bridgehead atoms. The monoisotopic (exact) mass is 350 g/mol. The van der Waals surface area contributed by atoms with Gasteiger partial charge in [-0.25, -0.2) is 0 Å². The number of hydrogen-bond donors (Lipinski definition) is 1. The van der Waals surface area contributed by atoms with Crippen molar-refractivity contribution in [3.8, 4) is 0 Å². The fraction of sp³-hybridized carbons (Fsp3) is 0.364. The van der Waals surface area contributed by atoms with Gasteiger partial charge in [0.1, 0.15) is 0 Å². The van der Waals surface area contributed by atoms with Crippen LogP contribution in [-0.2, 0) is 6.54 Å². The van der Waals surface area contributed by atoms with Gasteiger partial charge >= 0.3 is 0 Å². The molecule has 26 heavy (non-hydrogen) atoms. The van der Waals surface area contributed by atoms with Crippen LogP contribution in [0.1, 0.15) is 57.5 Å². The maximum atomic E-state index is 12.6. The van der Waals surface area contributed by atoms with E-state index in [2.05, 4.69) is 5.32 Å². The predicted molar refractivity (Wildman–Crippen MR) is 103 cm³/mol. The molecule has 0 aliphatic carbocycles. The van der Waals surface area contributed by atoms with E-state index in [0.717, 1.165) is 37.1 Å². The van der Waals surface area contributed by atoms with Gasteiger partial charge in [-0.1, -0.05) is 37.1 Å². The van der Waals surface area contributed by atoms with Gasteiger partial charge in [0.2, 0.25) is 0 Å². The number of hydrogen-bond acceptors (Lipinski definition) is 2. The fourth-order valence-electron chi connectivity index (χ4n) is 3.31. The molecule has 0 aromatic heterocycles. The molecule has 136 valence electrons. The van der Waals surface area contributed by atoms with E-state index in [1.807, 2.05) is 36.1 Å². The largest absolute Gasteiger partial charge is 0.348 e. The highest BCUT2D eigenvalue weighted by molar-refractivity contribution is 5.97. The first kappa shape index (κ1) is 18.2. The van der Waals surface area contributed by atoms with Crippen LogP contribution in [0.15, 0.2) is 48.5 Å². The standard InChI is InChI=1S/C22H26N2O2/c1-17-8-4-5-9-20(17)16-23-21(25)18-10-12-19(13-11-18)22(26)24-14-6-2-3-7-15-24/h4-5,8-13H,2-3,6-7,14-16H2,1H3,(H,23,25). The Labute approximate surface area is 155 Å². The van der Waals surface area contributed by atoms with E-state index >= 15 is 0 Å². The number of nitrogens with zero attached hydrogens (tertiary/aromatic N) is 1. The summed E-state index contributed by atoms with van der Waals surface area (Å²) in [5.41, 5.74) is 3.49. The highest BCUT2D eigenvalue weighted by atomic mass is 16.2. The molecule has 0 spiro atoms. The zero-order chi connectivity index (χ0) is 18.4. The molecule has 2 amide bonds. The number of aryl methyl sites for hydroxylation is 1. The van der Waals surface area contributed by atoms with Crippen molar-refractivity contribution in [2.75, 3.05) is 13.1 Å². The van der Waals surface area contributed by atoms with Gasteiger partial charge in [-0.3, -0.25) is 9.59 Å². The van der Waals surface area contributed by atoms with Gasteiger partial charge < -0.3 is 10.2 Å². The molecule has 3 rings (SSSR count). The number of carbonyl (C=O) groups is 2. The van der Waals surface area contributed by atoms with Crippen molar-refractivity contribution in [3.05, 3.63) is 70.8 Å². The lowest BCUT2D eigenvalue weighted by Crippen LogP contribution is -2.31. The number of amides is 2. The summed E-state index contributed by atoms with van der Waals surface area (Å²) in [6.07, 6.45) is 4.55. The Morgan fingerprint density at radius 2 is 1.50 bits per heavy atom. The number of benzene rings is 2. The molecular formula is C22H26N2O2. The zero-order valence-electron chi connectivity index (χ0n) is 15.3. The third kappa shape index (κ3) is 4.51. The average Bonchev–Trinajstić information content (AvgIpc) is 2.96. The average molecular weight is 350 g/mol. The third-order valence-corrected chi connectivity index (χ3v) is 4.99. The Balaban J connectivity index is 1.60. The molecule has 0 saturated carbocycles. The third-order valence-electron chi connectivity index (χ3n) is 4.99. The van der Waals surface area contributed by atoms with Gasteiger partial charge in [0.15, 0.2) is 0 Å². The van der Waals surface area contributed by atoms with Gasteiger partial charge in [-0.15, -0.1) is 0 Å². The van der Waals surface area contributed by atoms with Crippen molar-refractivity contribution < 1.29 is 9.59 Å². The van der Waals surface area contributed by atoms with Crippen LogP contribution < -0.4 is 5.32 Å². The second-order valence-corrected chi connectivity index (χ2v) is 6.89. The minimum absolute atomic E-state index is 0.0683. The molecule has 1 fully saturated rings. The zero-order valence-corrected chi connectivity index (χ0v) is 15.3. The minimum Gasteiger partial charge on any atom is -0.348 e. The van der Waals surface area contributed by atoms with Gasteiger partial charge in [-0.2, -0.15) is 0 Å². The number of carbonyl (C=O) groups excluding carboxylic acids is 2. The second-order valence-electron chi connectivity index (χ2n) is 6.89. The maximum Gasteiger partial charge on any atom is 0.253 e. The molecule has 1 N–H and O–H groups in total. The molecule has 0 radical (unpaired) electrons. The molecule has 1 aliphatic rings. The summed E-state index contributed by atoms with van der Waals surface area (Å²) in [5.74, 6) is -0.0548. The Hall–Kier alpha value is -2.62. The Bertz CT molecular complexity index is 760. The van der Waals surface area contributed by atoms with Crippen LogP contribution in [0.2, 0.25) is 0 Å². The summed E-state index contributed by atoms with van der Waals surface area (Å²) < 4.78 is 0. The molecule has 0 unspecified atom stereocenters.